The van der Waals surface area contributed by atoms with Crippen molar-refractivity contribution in [2.45, 2.75) is 65.2 Å². The minimum atomic E-state index is -0.592. The number of furan rings is 1. The van der Waals surface area contributed by atoms with Gasteiger partial charge in [0.25, 0.3) is 5.56 Å². The van der Waals surface area contributed by atoms with Gasteiger partial charge in [-0.2, -0.15) is 0 Å². The van der Waals surface area contributed by atoms with Gasteiger partial charge < -0.3 is 9.40 Å². The van der Waals surface area contributed by atoms with Crippen molar-refractivity contribution in [3.8, 4) is 0 Å². The number of aromatic amines is 1. The Kier molecular flexibility index (Phi) is 7.68. The van der Waals surface area contributed by atoms with E-state index in [0.717, 1.165) is 35.1 Å². The molecule has 3 heterocycles. The predicted octanol–water partition coefficient (Wildman–Crippen LogP) is 6.26. The first-order valence-corrected chi connectivity index (χ1v) is 13.6. The van der Waals surface area contributed by atoms with Crippen LogP contribution in [0.25, 0.3) is 10.9 Å². The maximum atomic E-state index is 13.8. The molecule has 0 aliphatic heterocycles. The number of hydrogen-bond donors (Lipinski definition) is 1. The lowest BCUT2D eigenvalue weighted by atomic mass is 9.98. The fourth-order valence-electron chi connectivity index (χ4n) is 4.83. The van der Waals surface area contributed by atoms with Crippen molar-refractivity contribution in [3.05, 3.63) is 111 Å². The number of benzene rings is 2. The summed E-state index contributed by atoms with van der Waals surface area (Å²) in [5, 5.41) is 14.6. The molecular weight excluding hydrogens is 512 g/mol. The third kappa shape index (κ3) is 5.53. The number of aromatic nitrogens is 5. The van der Waals surface area contributed by atoms with Crippen LogP contribution in [-0.4, -0.2) is 30.1 Å². The van der Waals surface area contributed by atoms with E-state index >= 15 is 0 Å². The van der Waals surface area contributed by atoms with Crippen molar-refractivity contribution in [2.75, 3.05) is 0 Å². The molecule has 1 N–H and O–H groups in total. The first kappa shape index (κ1) is 26.8. The zero-order valence-electron chi connectivity index (χ0n) is 22.7. The Morgan fingerprint density at radius 3 is 2.62 bits per heavy atom. The van der Waals surface area contributed by atoms with Crippen LogP contribution in [0.15, 0.2) is 76.1 Å². The molecule has 9 heteroatoms. The second kappa shape index (κ2) is 11.2. The van der Waals surface area contributed by atoms with Gasteiger partial charge in [0.1, 0.15) is 11.8 Å². The molecule has 0 bridgehead atoms. The topological polar surface area (TPSA) is 92.8 Å². The van der Waals surface area contributed by atoms with E-state index in [1.54, 1.807) is 6.26 Å². The fraction of sp³-hybridized carbons (Fsp3) is 0.333. The maximum Gasteiger partial charge on any atom is 0.253 e. The number of nitrogens with zero attached hydrogens (tertiary/aromatic N) is 5. The van der Waals surface area contributed by atoms with Gasteiger partial charge in [-0.05, 0) is 90.0 Å². The Morgan fingerprint density at radius 2 is 1.90 bits per heavy atom. The quantitative estimate of drug-likeness (QED) is 0.223. The number of nitrogens with one attached hydrogen (secondary N) is 1. The summed E-state index contributed by atoms with van der Waals surface area (Å²) in [6.45, 7) is 9.25. The molecule has 202 valence electrons. The number of rotatable bonds is 10. The van der Waals surface area contributed by atoms with Crippen molar-refractivity contribution in [2.24, 2.45) is 0 Å². The van der Waals surface area contributed by atoms with Crippen LogP contribution in [0.5, 0.6) is 0 Å². The summed E-state index contributed by atoms with van der Waals surface area (Å²) in [4.78, 5) is 19.0. The second-order valence-electron chi connectivity index (χ2n) is 10.4. The fourth-order valence-corrected chi connectivity index (χ4v) is 5.02. The van der Waals surface area contributed by atoms with Crippen molar-refractivity contribution in [1.29, 1.82) is 0 Å². The van der Waals surface area contributed by atoms with E-state index in [1.807, 2.05) is 59.3 Å². The number of pyridine rings is 1. The highest BCUT2D eigenvalue weighted by molar-refractivity contribution is 6.31. The number of tetrazole rings is 1. The summed E-state index contributed by atoms with van der Waals surface area (Å²) in [5.41, 5.74) is 2.89. The van der Waals surface area contributed by atoms with E-state index < -0.39 is 6.04 Å². The van der Waals surface area contributed by atoms with Gasteiger partial charge in [-0.1, -0.05) is 49.7 Å². The standard InChI is InChI=1S/C30H33ClN6O2/c1-5-20-13-14-26-22(16-20)17-24(29(38)32-26)27(28-33-34-35-37(28)30(3,4)6-2)36(19-23-11-9-15-39-23)18-21-10-7-8-12-25(21)31/h7-17,27H,5-6,18-19H2,1-4H3,(H,32,38)/t27-/m0/s1. The van der Waals surface area contributed by atoms with Crippen molar-refractivity contribution < 1.29 is 4.42 Å². The largest absolute Gasteiger partial charge is 0.468 e. The molecule has 0 radical (unpaired) electrons. The minimum Gasteiger partial charge on any atom is -0.468 e. The third-order valence-electron chi connectivity index (χ3n) is 7.45. The average molecular weight is 545 g/mol. The summed E-state index contributed by atoms with van der Waals surface area (Å²) < 4.78 is 7.60. The molecule has 0 spiro atoms. The van der Waals surface area contributed by atoms with Gasteiger partial charge in [-0.3, -0.25) is 9.69 Å². The Hall–Kier alpha value is -3.75. The Bertz CT molecular complexity index is 1620. The molecule has 2 aromatic carbocycles. The van der Waals surface area contributed by atoms with Crippen LogP contribution in [-0.2, 0) is 25.0 Å². The van der Waals surface area contributed by atoms with Crippen LogP contribution in [0.2, 0.25) is 5.02 Å². The van der Waals surface area contributed by atoms with Crippen LogP contribution in [0, 0.1) is 0 Å². The SMILES string of the molecule is CCc1ccc2[nH]c(=O)c([C@@H](c3nnnn3C(C)(C)CC)N(Cc3ccco3)Cc3ccccc3Cl)cc2c1. The summed E-state index contributed by atoms with van der Waals surface area (Å²) in [6, 6.07) is 19.0. The molecule has 0 aliphatic carbocycles. The minimum absolute atomic E-state index is 0.191. The van der Waals surface area contributed by atoms with Gasteiger partial charge in [0.15, 0.2) is 5.82 Å². The average Bonchev–Trinajstić information content (AvgIpc) is 3.63. The molecular formula is C30H33ClN6O2. The zero-order chi connectivity index (χ0) is 27.6. The molecule has 8 nitrogen and oxygen atoms in total. The summed E-state index contributed by atoms with van der Waals surface area (Å²) in [5.74, 6) is 1.34. The molecule has 0 saturated carbocycles. The highest BCUT2D eigenvalue weighted by Gasteiger charge is 2.35. The number of aryl methyl sites for hydroxylation is 1. The van der Waals surface area contributed by atoms with E-state index in [1.165, 1.54) is 5.56 Å². The Labute approximate surface area is 232 Å². The lowest BCUT2D eigenvalue weighted by Crippen LogP contribution is -2.38. The van der Waals surface area contributed by atoms with E-state index in [-0.39, 0.29) is 11.1 Å². The highest BCUT2D eigenvalue weighted by atomic mass is 35.5. The number of halogens is 1. The second-order valence-corrected chi connectivity index (χ2v) is 10.8. The van der Waals surface area contributed by atoms with Crippen LogP contribution < -0.4 is 5.56 Å². The lowest BCUT2D eigenvalue weighted by Gasteiger charge is -2.33. The summed E-state index contributed by atoms with van der Waals surface area (Å²) in [7, 11) is 0. The molecule has 39 heavy (non-hydrogen) atoms. The lowest BCUT2D eigenvalue weighted by molar-refractivity contribution is 0.168. The van der Waals surface area contributed by atoms with Crippen LogP contribution in [0.1, 0.15) is 68.4 Å². The predicted molar refractivity (Wildman–Crippen MR) is 153 cm³/mol. The van der Waals surface area contributed by atoms with Gasteiger partial charge in [-0.25, -0.2) is 4.68 Å². The molecule has 5 aromatic rings. The number of fused-ring (bicyclic) bond motifs is 1. The smallest absolute Gasteiger partial charge is 0.253 e. The molecule has 0 saturated heterocycles. The third-order valence-corrected chi connectivity index (χ3v) is 7.82. The van der Waals surface area contributed by atoms with E-state index in [9.17, 15) is 4.79 Å². The van der Waals surface area contributed by atoms with E-state index in [0.29, 0.717) is 29.5 Å². The van der Waals surface area contributed by atoms with Crippen LogP contribution in [0.4, 0.5) is 0 Å². The molecule has 3 aromatic heterocycles. The molecule has 1 atom stereocenters. The molecule has 0 unspecified atom stereocenters. The normalized spacial score (nSPS) is 12.9. The molecule has 0 fully saturated rings. The molecule has 5 rings (SSSR count). The van der Waals surface area contributed by atoms with Crippen molar-refractivity contribution in [1.82, 2.24) is 30.1 Å². The molecule has 0 aliphatic rings. The van der Waals surface area contributed by atoms with E-state index in [4.69, 9.17) is 16.0 Å². The van der Waals surface area contributed by atoms with Crippen molar-refractivity contribution in [3.63, 3.8) is 0 Å². The number of H-pyrrole nitrogens is 1. The van der Waals surface area contributed by atoms with E-state index in [2.05, 4.69) is 59.2 Å². The van der Waals surface area contributed by atoms with Crippen molar-refractivity contribution >= 4 is 22.5 Å². The van der Waals surface area contributed by atoms with Crippen LogP contribution in [0.3, 0.4) is 0 Å². The van der Waals surface area contributed by atoms with Gasteiger partial charge in [0.05, 0.1) is 18.3 Å². The monoisotopic (exact) mass is 544 g/mol. The Balaban J connectivity index is 1.75. The first-order chi connectivity index (χ1) is 18.8. The Morgan fingerprint density at radius 1 is 1.08 bits per heavy atom. The summed E-state index contributed by atoms with van der Waals surface area (Å²) >= 11 is 6.63. The zero-order valence-corrected chi connectivity index (χ0v) is 23.4. The maximum absolute atomic E-state index is 13.8. The van der Waals surface area contributed by atoms with Crippen LogP contribution >= 0.6 is 11.6 Å². The number of hydrogen-bond acceptors (Lipinski definition) is 6. The van der Waals surface area contributed by atoms with Gasteiger partial charge in [-0.15, -0.1) is 5.10 Å². The first-order valence-electron chi connectivity index (χ1n) is 13.2. The molecule has 0 amide bonds. The van der Waals surface area contributed by atoms with Gasteiger partial charge in [0.2, 0.25) is 0 Å². The highest BCUT2D eigenvalue weighted by Crippen LogP contribution is 2.34. The van der Waals surface area contributed by atoms with Gasteiger partial charge >= 0.3 is 0 Å². The van der Waals surface area contributed by atoms with Gasteiger partial charge in [0, 0.05) is 22.6 Å². The summed E-state index contributed by atoms with van der Waals surface area (Å²) in [6.07, 6.45) is 3.35.